The van der Waals surface area contributed by atoms with Crippen molar-refractivity contribution in [1.29, 1.82) is 0 Å². The molecular formula is C22H16N2O6. The number of hydrogen-bond acceptors (Lipinski definition) is 7. The van der Waals surface area contributed by atoms with E-state index in [0.717, 1.165) is 10.8 Å². The number of esters is 1. The predicted octanol–water partition coefficient (Wildman–Crippen LogP) is 4.11. The number of nitro benzene ring substituents is 1. The van der Waals surface area contributed by atoms with Crippen LogP contribution >= 0.6 is 0 Å². The largest absolute Gasteiger partial charge is 0.496 e. The minimum atomic E-state index is -0.654. The summed E-state index contributed by atoms with van der Waals surface area (Å²) in [7, 11) is 2.89. The second-order valence-corrected chi connectivity index (χ2v) is 6.38. The fourth-order valence-corrected chi connectivity index (χ4v) is 3.24. The molecule has 150 valence electrons. The molecule has 1 aliphatic heterocycles. The molecule has 4 rings (SSSR count). The average Bonchev–Trinajstić information content (AvgIpc) is 3.13. The van der Waals surface area contributed by atoms with Crippen LogP contribution in [0.1, 0.15) is 11.1 Å². The summed E-state index contributed by atoms with van der Waals surface area (Å²) >= 11 is 0. The molecule has 0 unspecified atom stereocenters. The fraction of sp³-hybridized carbons (Fsp3) is 0.0909. The maximum Gasteiger partial charge on any atom is 0.363 e. The number of methoxy groups -OCH3 is 2. The van der Waals surface area contributed by atoms with Gasteiger partial charge in [0.05, 0.1) is 19.1 Å². The van der Waals surface area contributed by atoms with E-state index in [2.05, 4.69) is 4.99 Å². The standard InChI is InChI=1S/C22H16N2O6/c1-28-19-9-7-13-5-3-4-6-15(13)16(19)12-17-22(25)30-21(23-17)14-8-10-20(29-2)18(11-14)24(26)27/h3-12H,1-2H3/b17-12-. The minimum Gasteiger partial charge on any atom is -0.496 e. The van der Waals surface area contributed by atoms with Crippen LogP contribution in [-0.4, -0.2) is 31.0 Å². The Bertz CT molecular complexity index is 1250. The fourth-order valence-electron chi connectivity index (χ4n) is 3.24. The number of cyclic esters (lactones) is 1. The van der Waals surface area contributed by atoms with Gasteiger partial charge in [-0.05, 0) is 35.0 Å². The van der Waals surface area contributed by atoms with Gasteiger partial charge in [-0.3, -0.25) is 10.1 Å². The molecule has 3 aromatic carbocycles. The third kappa shape index (κ3) is 3.35. The third-order valence-corrected chi connectivity index (χ3v) is 4.67. The van der Waals surface area contributed by atoms with Crippen LogP contribution in [0.3, 0.4) is 0 Å². The average molecular weight is 404 g/mol. The quantitative estimate of drug-likeness (QED) is 0.275. The topological polar surface area (TPSA) is 100 Å². The van der Waals surface area contributed by atoms with Crippen molar-refractivity contribution in [3.8, 4) is 11.5 Å². The van der Waals surface area contributed by atoms with Crippen molar-refractivity contribution in [3.63, 3.8) is 0 Å². The number of nitro groups is 1. The van der Waals surface area contributed by atoms with Crippen LogP contribution in [0, 0.1) is 10.1 Å². The van der Waals surface area contributed by atoms with Crippen molar-refractivity contribution >= 4 is 34.4 Å². The van der Waals surface area contributed by atoms with Gasteiger partial charge in [-0.15, -0.1) is 0 Å². The second kappa shape index (κ2) is 7.67. The number of carbonyl (C=O) groups is 1. The van der Waals surface area contributed by atoms with Gasteiger partial charge in [0, 0.05) is 17.2 Å². The molecule has 8 heteroatoms. The molecule has 0 radical (unpaired) electrons. The Morgan fingerprint density at radius 3 is 2.50 bits per heavy atom. The number of hydrogen-bond donors (Lipinski definition) is 0. The number of benzene rings is 3. The van der Waals surface area contributed by atoms with Crippen LogP contribution < -0.4 is 9.47 Å². The molecule has 1 heterocycles. The van der Waals surface area contributed by atoms with Gasteiger partial charge < -0.3 is 14.2 Å². The van der Waals surface area contributed by atoms with E-state index < -0.39 is 10.9 Å². The summed E-state index contributed by atoms with van der Waals surface area (Å²) in [6.45, 7) is 0. The normalized spacial score (nSPS) is 14.5. The molecule has 0 spiro atoms. The molecule has 0 bridgehead atoms. The summed E-state index contributed by atoms with van der Waals surface area (Å²) < 4.78 is 15.7. The van der Waals surface area contributed by atoms with Crippen LogP contribution in [0.25, 0.3) is 16.8 Å². The van der Waals surface area contributed by atoms with Gasteiger partial charge in [0.15, 0.2) is 11.4 Å². The maximum atomic E-state index is 12.4. The molecule has 1 aliphatic rings. The number of ether oxygens (including phenoxy) is 3. The first kappa shape index (κ1) is 19.1. The van der Waals surface area contributed by atoms with Crippen molar-refractivity contribution in [2.24, 2.45) is 4.99 Å². The van der Waals surface area contributed by atoms with Crippen LogP contribution in [-0.2, 0) is 9.53 Å². The van der Waals surface area contributed by atoms with E-state index in [-0.39, 0.29) is 23.0 Å². The Morgan fingerprint density at radius 1 is 1.03 bits per heavy atom. The van der Waals surface area contributed by atoms with Crippen molar-refractivity contribution in [3.05, 3.63) is 81.5 Å². The van der Waals surface area contributed by atoms with Gasteiger partial charge in [-0.2, -0.15) is 0 Å². The van der Waals surface area contributed by atoms with Crippen LogP contribution in [0.2, 0.25) is 0 Å². The zero-order valence-corrected chi connectivity index (χ0v) is 16.1. The highest BCUT2D eigenvalue weighted by Gasteiger charge is 2.27. The minimum absolute atomic E-state index is 0.0174. The molecule has 0 saturated heterocycles. The molecule has 0 aromatic heterocycles. The first-order valence-corrected chi connectivity index (χ1v) is 8.93. The van der Waals surface area contributed by atoms with Gasteiger partial charge in [0.1, 0.15) is 5.75 Å². The lowest BCUT2D eigenvalue weighted by atomic mass is 10.0. The lowest BCUT2D eigenvalue weighted by Gasteiger charge is -2.08. The van der Waals surface area contributed by atoms with Crippen molar-refractivity contribution in [2.75, 3.05) is 14.2 Å². The highest BCUT2D eigenvalue weighted by Crippen LogP contribution is 2.33. The Balaban J connectivity index is 1.80. The number of rotatable bonds is 5. The molecule has 0 aliphatic carbocycles. The summed E-state index contributed by atoms with van der Waals surface area (Å²) in [5.41, 5.74) is 0.803. The molecule has 0 fully saturated rings. The number of carbonyl (C=O) groups excluding carboxylic acids is 1. The van der Waals surface area contributed by atoms with E-state index in [0.29, 0.717) is 16.9 Å². The summed E-state index contributed by atoms with van der Waals surface area (Å²) in [4.78, 5) is 27.4. The second-order valence-electron chi connectivity index (χ2n) is 6.38. The van der Waals surface area contributed by atoms with Gasteiger partial charge in [-0.25, -0.2) is 9.79 Å². The molecular weight excluding hydrogens is 388 g/mol. The summed E-state index contributed by atoms with van der Waals surface area (Å²) in [5, 5.41) is 13.1. The molecule has 30 heavy (non-hydrogen) atoms. The lowest BCUT2D eigenvalue weighted by Crippen LogP contribution is -2.06. The predicted molar refractivity (Wildman–Crippen MR) is 111 cm³/mol. The van der Waals surface area contributed by atoms with Gasteiger partial charge in [0.2, 0.25) is 5.90 Å². The zero-order chi connectivity index (χ0) is 21.3. The van der Waals surface area contributed by atoms with E-state index in [9.17, 15) is 14.9 Å². The highest BCUT2D eigenvalue weighted by atomic mass is 16.6. The third-order valence-electron chi connectivity index (χ3n) is 4.67. The molecule has 0 saturated carbocycles. The monoisotopic (exact) mass is 404 g/mol. The van der Waals surface area contributed by atoms with E-state index in [4.69, 9.17) is 14.2 Å². The van der Waals surface area contributed by atoms with E-state index >= 15 is 0 Å². The molecule has 8 nitrogen and oxygen atoms in total. The molecule has 0 N–H and O–H groups in total. The highest BCUT2D eigenvalue weighted by molar-refractivity contribution is 6.14. The molecule has 3 aromatic rings. The van der Waals surface area contributed by atoms with E-state index in [1.165, 1.54) is 19.2 Å². The zero-order valence-electron chi connectivity index (χ0n) is 16.1. The first-order chi connectivity index (χ1) is 14.5. The molecule has 0 atom stereocenters. The van der Waals surface area contributed by atoms with E-state index in [1.807, 2.05) is 36.4 Å². The molecule has 0 amide bonds. The first-order valence-electron chi connectivity index (χ1n) is 8.93. The Labute approximate surface area is 171 Å². The smallest absolute Gasteiger partial charge is 0.363 e. The summed E-state index contributed by atoms with van der Waals surface area (Å²) in [6, 6.07) is 15.6. The van der Waals surface area contributed by atoms with Crippen LogP contribution in [0.15, 0.2) is 65.3 Å². The number of fused-ring (bicyclic) bond motifs is 1. The van der Waals surface area contributed by atoms with Crippen LogP contribution in [0.5, 0.6) is 11.5 Å². The van der Waals surface area contributed by atoms with Gasteiger partial charge in [-0.1, -0.05) is 30.3 Å². The summed E-state index contributed by atoms with van der Waals surface area (Å²) in [6.07, 6.45) is 1.59. The Kier molecular flexibility index (Phi) is 4.89. The number of nitrogens with zero attached hydrogens (tertiary/aromatic N) is 2. The van der Waals surface area contributed by atoms with Crippen molar-refractivity contribution in [1.82, 2.24) is 0 Å². The number of aliphatic imine (C=N–C) groups is 1. The summed E-state index contributed by atoms with van der Waals surface area (Å²) in [5.74, 6) is 0.0114. The van der Waals surface area contributed by atoms with Crippen molar-refractivity contribution in [2.45, 2.75) is 0 Å². The SMILES string of the molecule is COc1ccc(C2=N/C(=C\c3c(OC)ccc4ccccc34)C(=O)O2)cc1[N+](=O)[O-]. The lowest BCUT2D eigenvalue weighted by molar-refractivity contribution is -0.385. The van der Waals surface area contributed by atoms with Crippen LogP contribution in [0.4, 0.5) is 5.69 Å². The Morgan fingerprint density at radius 2 is 1.77 bits per heavy atom. The van der Waals surface area contributed by atoms with Crippen molar-refractivity contribution < 1.29 is 23.9 Å². The maximum absolute atomic E-state index is 12.4. The van der Waals surface area contributed by atoms with Gasteiger partial charge >= 0.3 is 11.7 Å². The van der Waals surface area contributed by atoms with Gasteiger partial charge in [0.25, 0.3) is 0 Å². The van der Waals surface area contributed by atoms with E-state index in [1.54, 1.807) is 19.3 Å². The Hall–Kier alpha value is -4.20.